The number of aromatic carboxylic acids is 2. The molecule has 21 heavy (non-hydrogen) atoms. The smallest absolute Gasteiger partial charge is 0.335 e. The molecule has 2 rings (SSSR count). The van der Waals surface area contributed by atoms with Gasteiger partial charge in [0.1, 0.15) is 0 Å². The van der Waals surface area contributed by atoms with Gasteiger partial charge in [-0.25, -0.2) is 9.59 Å². The summed E-state index contributed by atoms with van der Waals surface area (Å²) in [5, 5.41) is 16.9. The van der Waals surface area contributed by atoms with Gasteiger partial charge in [-0.3, -0.25) is 0 Å². The minimum atomic E-state index is -0.952. The third-order valence-electron chi connectivity index (χ3n) is 2.27. The van der Waals surface area contributed by atoms with Crippen LogP contribution in [-0.4, -0.2) is 22.2 Å². The number of carbonyl (C=O) groups is 2. The van der Waals surface area contributed by atoms with E-state index in [1.54, 1.807) is 24.3 Å². The molecule has 2 aromatic carbocycles. The van der Waals surface area contributed by atoms with Crippen molar-refractivity contribution in [1.82, 2.24) is 0 Å². The molecule has 0 unspecified atom stereocenters. The summed E-state index contributed by atoms with van der Waals surface area (Å²) in [6.07, 6.45) is 0. The van der Waals surface area contributed by atoms with Crippen LogP contribution in [0.3, 0.4) is 0 Å². The zero-order chi connectivity index (χ0) is 15.1. The fourth-order valence-electron chi connectivity index (χ4n) is 1.34. The van der Waals surface area contributed by atoms with E-state index in [2.05, 4.69) is 0 Å². The van der Waals surface area contributed by atoms with Gasteiger partial charge in [0.05, 0.1) is 11.1 Å². The average Bonchev–Trinajstić information content (AvgIpc) is 2.39. The molecule has 0 fully saturated rings. The second kappa shape index (κ2) is 8.71. The first-order valence-corrected chi connectivity index (χ1v) is 5.58. The Morgan fingerprint density at radius 1 is 0.762 bits per heavy atom. The van der Waals surface area contributed by atoms with Crippen molar-refractivity contribution >= 4 is 23.3 Å². The Hall–Kier alpha value is -2.40. The monoisotopic (exact) mass is 338 g/mol. The van der Waals surface area contributed by atoms with Crippen LogP contribution in [0.25, 0.3) is 0 Å². The fraction of sp³-hybridized carbons (Fsp3) is 0. The van der Waals surface area contributed by atoms with Gasteiger partial charge in [0, 0.05) is 30.9 Å². The van der Waals surface area contributed by atoms with Gasteiger partial charge in [-0.1, -0.05) is 12.1 Å². The van der Waals surface area contributed by atoms with Gasteiger partial charge < -0.3 is 21.7 Å². The second-order valence-electron chi connectivity index (χ2n) is 3.86. The number of nitrogen functional groups attached to an aromatic ring is 2. The van der Waals surface area contributed by atoms with Gasteiger partial charge >= 0.3 is 11.9 Å². The summed E-state index contributed by atoms with van der Waals surface area (Å²) >= 11 is 0. The van der Waals surface area contributed by atoms with Gasteiger partial charge in [0.25, 0.3) is 0 Å². The Morgan fingerprint density at radius 2 is 1.10 bits per heavy atom. The molecule has 2 aromatic rings. The maximum atomic E-state index is 10.3. The predicted molar refractivity (Wildman–Crippen MR) is 75.6 cm³/mol. The van der Waals surface area contributed by atoms with E-state index < -0.39 is 11.9 Å². The van der Waals surface area contributed by atoms with E-state index in [-0.39, 0.29) is 30.6 Å². The van der Waals surface area contributed by atoms with Crippen molar-refractivity contribution in [2.75, 3.05) is 11.5 Å². The minimum Gasteiger partial charge on any atom is -0.478 e. The number of benzene rings is 2. The number of hydrogen-bond acceptors (Lipinski definition) is 4. The van der Waals surface area contributed by atoms with Crippen LogP contribution in [0.15, 0.2) is 48.5 Å². The summed E-state index contributed by atoms with van der Waals surface area (Å²) in [4.78, 5) is 20.6. The number of nitrogens with two attached hydrogens (primary N) is 2. The van der Waals surface area contributed by atoms with Crippen LogP contribution in [0, 0.1) is 0 Å². The van der Waals surface area contributed by atoms with Gasteiger partial charge in [-0.15, -0.1) is 0 Å². The Morgan fingerprint density at radius 3 is 1.29 bits per heavy atom. The van der Waals surface area contributed by atoms with Gasteiger partial charge in [0.2, 0.25) is 0 Å². The first-order valence-electron chi connectivity index (χ1n) is 5.58. The molecule has 0 bridgehead atoms. The normalized spacial score (nSPS) is 8.76. The van der Waals surface area contributed by atoms with Crippen LogP contribution < -0.4 is 11.5 Å². The van der Waals surface area contributed by atoms with Gasteiger partial charge in [-0.05, 0) is 36.4 Å². The van der Waals surface area contributed by atoms with Crippen LogP contribution in [0.2, 0.25) is 0 Å². The van der Waals surface area contributed by atoms with Crippen molar-refractivity contribution in [3.63, 3.8) is 0 Å². The molecule has 0 spiro atoms. The van der Waals surface area contributed by atoms with Crippen molar-refractivity contribution < 1.29 is 39.3 Å². The van der Waals surface area contributed by atoms with Crippen LogP contribution in [0.4, 0.5) is 11.4 Å². The zero-order valence-electron chi connectivity index (χ0n) is 11.2. The Labute approximate surface area is 134 Å². The minimum absolute atomic E-state index is 0. The van der Waals surface area contributed by atoms with E-state index >= 15 is 0 Å². The molecule has 6 nitrogen and oxygen atoms in total. The van der Waals surface area contributed by atoms with Gasteiger partial charge in [0.15, 0.2) is 0 Å². The Kier molecular flexibility index (Phi) is 7.72. The maximum absolute atomic E-state index is 10.3. The molecule has 0 aliphatic rings. The molecule has 0 aliphatic carbocycles. The van der Waals surface area contributed by atoms with Crippen LogP contribution in [0.1, 0.15) is 20.7 Å². The molecule has 0 atom stereocenters. The van der Waals surface area contributed by atoms with Gasteiger partial charge in [-0.2, -0.15) is 0 Å². The summed E-state index contributed by atoms with van der Waals surface area (Å²) < 4.78 is 0. The molecule has 7 heteroatoms. The quantitative estimate of drug-likeness (QED) is 0.489. The molecule has 0 amide bonds. The van der Waals surface area contributed by atoms with Crippen molar-refractivity contribution in [3.8, 4) is 0 Å². The SMILES string of the molecule is Nc1cccc(C(=O)O)c1.Nc1cccc(C(=O)O)c1.[Zn]. The van der Waals surface area contributed by atoms with Crippen LogP contribution in [-0.2, 0) is 19.5 Å². The second-order valence-corrected chi connectivity index (χ2v) is 3.86. The molecule has 0 saturated heterocycles. The summed E-state index contributed by atoms with van der Waals surface area (Å²) in [6, 6.07) is 12.3. The Bertz CT molecular complexity index is 576. The van der Waals surface area contributed by atoms with E-state index in [9.17, 15) is 9.59 Å². The van der Waals surface area contributed by atoms with Crippen molar-refractivity contribution in [3.05, 3.63) is 59.7 Å². The number of carboxylic acid groups (broad SMARTS) is 2. The Balaban J connectivity index is 0.000000364. The molecule has 6 N–H and O–H groups in total. The van der Waals surface area contributed by atoms with E-state index in [4.69, 9.17) is 21.7 Å². The standard InChI is InChI=1S/2C7H7NO2.Zn/c2*8-6-3-1-2-5(4-6)7(9)10;/h2*1-4H,8H2,(H,9,10);. The van der Waals surface area contributed by atoms with E-state index in [1.165, 1.54) is 24.3 Å². The molecule has 0 aliphatic heterocycles. The van der Waals surface area contributed by atoms with E-state index in [0.29, 0.717) is 11.4 Å². The van der Waals surface area contributed by atoms with Crippen LogP contribution >= 0.6 is 0 Å². The third-order valence-corrected chi connectivity index (χ3v) is 2.27. The summed E-state index contributed by atoms with van der Waals surface area (Å²) in [6.45, 7) is 0. The molecular weight excluding hydrogens is 326 g/mol. The number of hydrogen-bond donors (Lipinski definition) is 4. The third kappa shape index (κ3) is 6.54. The molecule has 0 saturated carbocycles. The predicted octanol–water partition coefficient (Wildman–Crippen LogP) is 1.93. The van der Waals surface area contributed by atoms with E-state index in [0.717, 1.165) is 0 Å². The first-order chi connectivity index (χ1) is 9.40. The zero-order valence-corrected chi connectivity index (χ0v) is 14.2. The molecule has 0 heterocycles. The summed E-state index contributed by atoms with van der Waals surface area (Å²) in [5.41, 5.74) is 12.1. The molecular formula is C14H14N2O4Zn. The fourth-order valence-corrected chi connectivity index (χ4v) is 1.34. The summed E-state index contributed by atoms with van der Waals surface area (Å²) in [7, 11) is 0. The summed E-state index contributed by atoms with van der Waals surface area (Å²) in [5.74, 6) is -1.90. The first kappa shape index (κ1) is 18.6. The molecule has 0 aromatic heterocycles. The maximum Gasteiger partial charge on any atom is 0.335 e. The van der Waals surface area contributed by atoms with E-state index in [1.807, 2.05) is 0 Å². The number of rotatable bonds is 2. The topological polar surface area (TPSA) is 127 Å². The van der Waals surface area contributed by atoms with Crippen molar-refractivity contribution in [2.24, 2.45) is 0 Å². The number of carboxylic acids is 2. The van der Waals surface area contributed by atoms with Crippen molar-refractivity contribution in [2.45, 2.75) is 0 Å². The molecule has 106 valence electrons. The largest absolute Gasteiger partial charge is 0.478 e. The molecule has 0 radical (unpaired) electrons. The van der Waals surface area contributed by atoms with Crippen LogP contribution in [0.5, 0.6) is 0 Å². The number of anilines is 2. The average molecular weight is 340 g/mol. The van der Waals surface area contributed by atoms with Crippen molar-refractivity contribution in [1.29, 1.82) is 0 Å².